The molecule has 1 atom stereocenters. The second-order valence-electron chi connectivity index (χ2n) is 11.1. The highest BCUT2D eigenvalue weighted by Crippen LogP contribution is 2.25. The summed E-state index contributed by atoms with van der Waals surface area (Å²) in [6, 6.07) is 7.21. The number of piperazine rings is 1. The minimum Gasteiger partial charge on any atom is -0.444 e. The van der Waals surface area contributed by atoms with Gasteiger partial charge < -0.3 is 25.7 Å². The van der Waals surface area contributed by atoms with Crippen LogP contribution in [0.1, 0.15) is 50.8 Å². The highest BCUT2D eigenvalue weighted by Gasteiger charge is 2.29. The van der Waals surface area contributed by atoms with Crippen molar-refractivity contribution >= 4 is 40.2 Å². The highest BCUT2D eigenvalue weighted by molar-refractivity contribution is 6.35. The van der Waals surface area contributed by atoms with Crippen molar-refractivity contribution < 1.29 is 13.9 Å². The number of aromatic nitrogens is 5. The quantitative estimate of drug-likeness (QED) is 0.324. The number of halogens is 2. The Labute approximate surface area is 258 Å². The van der Waals surface area contributed by atoms with Gasteiger partial charge in [0.05, 0.1) is 41.3 Å². The Bertz CT molecular complexity index is 1820. The molecule has 0 radical (unpaired) electrons. The Morgan fingerprint density at radius 1 is 1.11 bits per heavy atom. The Morgan fingerprint density at radius 2 is 1.86 bits per heavy atom. The van der Waals surface area contributed by atoms with E-state index in [1.54, 1.807) is 23.1 Å². The molecule has 1 aromatic carbocycles. The van der Waals surface area contributed by atoms with Gasteiger partial charge in [-0.15, -0.1) is 0 Å². The Morgan fingerprint density at radius 3 is 2.55 bits per heavy atom. The van der Waals surface area contributed by atoms with Gasteiger partial charge in [0.25, 0.3) is 5.56 Å². The number of carbonyl (C=O) groups is 1. The first kappa shape index (κ1) is 30.5. The molecule has 4 heterocycles. The molecule has 0 saturated carbocycles. The monoisotopic (exact) mass is 619 g/mol. The van der Waals surface area contributed by atoms with E-state index in [9.17, 15) is 14.0 Å². The standard InChI is InChI=1S/C30H31ClFN9O3/c1-18(37-26-21(25(33)35-17-36-26)11-10-20-9-8-19(32)16-34-20)27-38-23-7-5-6-22(31)24(23)28(42)41(27)40-14-12-39(13-15-40)29(43)44-30(2,3)4/h5-9,16-18H,12-15H2,1-4H3,(H3,33,35,36,37). The molecule has 14 heteroatoms. The summed E-state index contributed by atoms with van der Waals surface area (Å²) in [7, 11) is 0. The topological polar surface area (TPSA) is 144 Å². The number of hydrogen-bond acceptors (Lipinski definition) is 10. The number of nitrogens with zero attached hydrogens (tertiary/aromatic N) is 7. The van der Waals surface area contributed by atoms with Gasteiger partial charge in [-0.25, -0.2) is 33.8 Å². The van der Waals surface area contributed by atoms with Crippen LogP contribution >= 0.6 is 11.6 Å². The summed E-state index contributed by atoms with van der Waals surface area (Å²) < 4.78 is 20.3. The van der Waals surface area contributed by atoms with Gasteiger partial charge in [-0.1, -0.05) is 23.6 Å². The molecule has 12 nitrogen and oxygen atoms in total. The van der Waals surface area contributed by atoms with E-state index < -0.39 is 23.6 Å². The van der Waals surface area contributed by atoms with Crippen molar-refractivity contribution in [2.75, 3.05) is 42.2 Å². The van der Waals surface area contributed by atoms with Crippen LogP contribution in [0, 0.1) is 17.7 Å². The third kappa shape index (κ3) is 6.65. The summed E-state index contributed by atoms with van der Waals surface area (Å²) in [4.78, 5) is 45.5. The van der Waals surface area contributed by atoms with Crippen LogP contribution in [-0.2, 0) is 4.74 Å². The highest BCUT2D eigenvalue weighted by atomic mass is 35.5. The van der Waals surface area contributed by atoms with Gasteiger partial charge in [-0.3, -0.25) is 4.79 Å². The lowest BCUT2D eigenvalue weighted by molar-refractivity contribution is 0.0231. The van der Waals surface area contributed by atoms with Crippen molar-refractivity contribution in [1.82, 2.24) is 29.5 Å². The van der Waals surface area contributed by atoms with Gasteiger partial charge in [0.2, 0.25) is 0 Å². The van der Waals surface area contributed by atoms with Gasteiger partial charge in [0, 0.05) is 13.1 Å². The molecule has 1 unspecified atom stereocenters. The van der Waals surface area contributed by atoms with E-state index in [4.69, 9.17) is 27.1 Å². The lowest BCUT2D eigenvalue weighted by atomic mass is 10.2. The van der Waals surface area contributed by atoms with Gasteiger partial charge in [0.1, 0.15) is 40.6 Å². The molecule has 1 saturated heterocycles. The maximum Gasteiger partial charge on any atom is 0.410 e. The summed E-state index contributed by atoms with van der Waals surface area (Å²) >= 11 is 6.46. The van der Waals surface area contributed by atoms with E-state index >= 15 is 0 Å². The largest absolute Gasteiger partial charge is 0.444 e. The summed E-state index contributed by atoms with van der Waals surface area (Å²) in [6.45, 7) is 8.63. The Balaban J connectivity index is 1.49. The molecule has 1 amide bonds. The number of ether oxygens (including phenoxy) is 1. The molecule has 0 bridgehead atoms. The molecular formula is C30H31ClFN9O3. The summed E-state index contributed by atoms with van der Waals surface area (Å²) in [5.41, 5.74) is 6.24. The molecule has 44 heavy (non-hydrogen) atoms. The average molecular weight is 620 g/mol. The normalized spacial score (nSPS) is 14.1. The van der Waals surface area contributed by atoms with E-state index in [0.717, 1.165) is 6.20 Å². The minimum atomic E-state index is -0.623. The molecule has 1 fully saturated rings. The zero-order chi connectivity index (χ0) is 31.6. The lowest BCUT2D eigenvalue weighted by Crippen LogP contribution is -2.57. The second kappa shape index (κ2) is 12.3. The van der Waals surface area contributed by atoms with Crippen molar-refractivity contribution in [1.29, 1.82) is 0 Å². The van der Waals surface area contributed by atoms with Crippen LogP contribution in [-0.4, -0.2) is 67.4 Å². The number of hydrogen-bond donors (Lipinski definition) is 2. The van der Waals surface area contributed by atoms with Crippen LogP contribution in [0.5, 0.6) is 0 Å². The second-order valence-corrected chi connectivity index (χ2v) is 11.5. The first-order valence-corrected chi connectivity index (χ1v) is 14.2. The van der Waals surface area contributed by atoms with E-state index in [1.165, 1.54) is 23.1 Å². The molecule has 228 valence electrons. The van der Waals surface area contributed by atoms with Crippen LogP contribution < -0.4 is 21.6 Å². The predicted octanol–water partition coefficient (Wildman–Crippen LogP) is 3.72. The average Bonchev–Trinajstić information content (AvgIpc) is 2.97. The number of rotatable bonds is 4. The van der Waals surface area contributed by atoms with Gasteiger partial charge in [-0.2, -0.15) is 0 Å². The first-order valence-electron chi connectivity index (χ1n) is 13.9. The number of nitrogen functional groups attached to an aromatic ring is 1. The van der Waals surface area contributed by atoms with Crippen molar-refractivity contribution in [3.63, 3.8) is 0 Å². The van der Waals surface area contributed by atoms with Crippen molar-refractivity contribution in [2.45, 2.75) is 39.3 Å². The summed E-state index contributed by atoms with van der Waals surface area (Å²) in [5.74, 6) is 6.10. The molecule has 4 aromatic rings. The minimum absolute atomic E-state index is 0.123. The van der Waals surface area contributed by atoms with Crippen LogP contribution in [0.3, 0.4) is 0 Å². The van der Waals surface area contributed by atoms with Gasteiger partial charge in [0.15, 0.2) is 5.82 Å². The van der Waals surface area contributed by atoms with Gasteiger partial charge in [-0.05, 0) is 57.9 Å². The number of anilines is 2. The molecule has 0 aliphatic carbocycles. The third-order valence-corrected chi connectivity index (χ3v) is 7.02. The number of nitrogens with one attached hydrogen (secondary N) is 1. The fourth-order valence-electron chi connectivity index (χ4n) is 4.63. The van der Waals surface area contributed by atoms with Crippen molar-refractivity contribution in [3.8, 4) is 11.8 Å². The maximum atomic E-state index is 14.0. The number of nitrogens with two attached hydrogens (primary N) is 1. The summed E-state index contributed by atoms with van der Waals surface area (Å²) in [5, 5.41) is 5.67. The smallest absolute Gasteiger partial charge is 0.410 e. The Kier molecular flexibility index (Phi) is 8.55. The molecule has 3 N–H and O–H groups in total. The summed E-state index contributed by atoms with van der Waals surface area (Å²) in [6.07, 6.45) is 1.95. The third-order valence-electron chi connectivity index (χ3n) is 6.70. The number of amides is 1. The van der Waals surface area contributed by atoms with E-state index in [2.05, 4.69) is 32.1 Å². The van der Waals surface area contributed by atoms with Crippen molar-refractivity contribution in [2.24, 2.45) is 0 Å². The zero-order valence-corrected chi connectivity index (χ0v) is 25.4. The predicted molar refractivity (Wildman–Crippen MR) is 165 cm³/mol. The van der Waals surface area contributed by atoms with Crippen LogP contribution in [0.25, 0.3) is 10.9 Å². The fourth-order valence-corrected chi connectivity index (χ4v) is 4.89. The van der Waals surface area contributed by atoms with E-state index in [1.807, 2.05) is 32.7 Å². The van der Waals surface area contributed by atoms with Crippen LogP contribution in [0.15, 0.2) is 47.7 Å². The molecule has 3 aromatic heterocycles. The molecule has 0 spiro atoms. The van der Waals surface area contributed by atoms with Crippen LogP contribution in [0.2, 0.25) is 5.02 Å². The zero-order valence-electron chi connectivity index (χ0n) is 24.6. The molecular weight excluding hydrogens is 589 g/mol. The van der Waals surface area contributed by atoms with E-state index in [0.29, 0.717) is 54.6 Å². The number of carbonyl (C=O) groups excluding carboxylic acids is 1. The number of benzene rings is 1. The molecule has 1 aliphatic heterocycles. The number of pyridine rings is 1. The molecule has 5 rings (SSSR count). The Hall–Kier alpha value is -4.96. The van der Waals surface area contributed by atoms with Gasteiger partial charge >= 0.3 is 6.09 Å². The maximum absolute atomic E-state index is 14.0. The first-order chi connectivity index (χ1) is 20.9. The molecule has 1 aliphatic rings. The van der Waals surface area contributed by atoms with Crippen molar-refractivity contribution in [3.05, 3.63) is 81.1 Å². The van der Waals surface area contributed by atoms with Crippen LogP contribution in [0.4, 0.5) is 20.8 Å². The van der Waals surface area contributed by atoms with E-state index in [-0.39, 0.29) is 21.8 Å². The lowest BCUT2D eigenvalue weighted by Gasteiger charge is -2.38. The SMILES string of the molecule is CC(Nc1ncnc(N)c1C#Cc1ccc(F)cn1)c1nc2cccc(Cl)c2c(=O)n1N1CCN(C(=O)OC(C)(C)C)CC1. The fraction of sp³-hybridized carbons (Fsp3) is 0.333. The number of fused-ring (bicyclic) bond motifs is 1.